The fourth-order valence-corrected chi connectivity index (χ4v) is 2.01. The molecule has 1 unspecified atom stereocenters. The summed E-state index contributed by atoms with van der Waals surface area (Å²) in [5.41, 5.74) is 0.961. The van der Waals surface area contributed by atoms with Crippen LogP contribution < -0.4 is 0 Å². The largest absolute Gasteiger partial charge is 0.370 e. The Kier molecular flexibility index (Phi) is 3.39. The zero-order chi connectivity index (χ0) is 10.7. The van der Waals surface area contributed by atoms with E-state index in [2.05, 4.69) is 0 Å². The first kappa shape index (κ1) is 10.7. The van der Waals surface area contributed by atoms with Crippen molar-refractivity contribution >= 4 is 17.4 Å². The van der Waals surface area contributed by atoms with Gasteiger partial charge in [0.25, 0.3) is 0 Å². The second-order valence-corrected chi connectivity index (χ2v) is 4.21. The third-order valence-corrected chi connectivity index (χ3v) is 2.79. The molecular formula is C12H13ClO2. The van der Waals surface area contributed by atoms with Crippen molar-refractivity contribution in [1.29, 1.82) is 0 Å². The number of ketones is 1. The van der Waals surface area contributed by atoms with Crippen LogP contribution in [-0.2, 0) is 16.0 Å². The molecule has 1 aliphatic rings. The molecule has 3 heteroatoms. The number of hydrogen-bond acceptors (Lipinski definition) is 2. The van der Waals surface area contributed by atoms with Crippen molar-refractivity contribution in [1.82, 2.24) is 0 Å². The number of carbonyl (C=O) groups is 1. The highest BCUT2D eigenvalue weighted by molar-refractivity contribution is 6.30. The highest BCUT2D eigenvalue weighted by Crippen LogP contribution is 2.17. The van der Waals surface area contributed by atoms with Crippen LogP contribution in [0.3, 0.4) is 0 Å². The van der Waals surface area contributed by atoms with Crippen molar-refractivity contribution in [3.63, 3.8) is 0 Å². The molecule has 1 aromatic rings. The summed E-state index contributed by atoms with van der Waals surface area (Å²) in [5.74, 6) is 0.162. The molecule has 1 atom stereocenters. The summed E-state index contributed by atoms with van der Waals surface area (Å²) in [5, 5.41) is 0.674. The highest BCUT2D eigenvalue weighted by atomic mass is 35.5. The lowest BCUT2D eigenvalue weighted by Gasteiger charge is -2.07. The predicted molar refractivity (Wildman–Crippen MR) is 59.1 cm³/mol. The van der Waals surface area contributed by atoms with Crippen molar-refractivity contribution in [2.75, 3.05) is 6.61 Å². The van der Waals surface area contributed by atoms with Gasteiger partial charge in [-0.3, -0.25) is 4.79 Å². The summed E-state index contributed by atoms with van der Waals surface area (Å²) in [6.45, 7) is 0.714. The Hall–Kier alpha value is -0.860. The molecule has 0 saturated carbocycles. The summed E-state index contributed by atoms with van der Waals surface area (Å²) in [6.07, 6.45) is 2.08. The van der Waals surface area contributed by atoms with Gasteiger partial charge in [-0.15, -0.1) is 0 Å². The first-order valence-corrected chi connectivity index (χ1v) is 5.52. The number of halogens is 1. The van der Waals surface area contributed by atoms with Crippen LogP contribution in [-0.4, -0.2) is 18.5 Å². The van der Waals surface area contributed by atoms with Crippen LogP contribution in [0.4, 0.5) is 0 Å². The Labute approximate surface area is 94.2 Å². The molecule has 2 rings (SSSR count). The quantitative estimate of drug-likeness (QED) is 0.789. The van der Waals surface area contributed by atoms with Gasteiger partial charge in [-0.25, -0.2) is 0 Å². The topological polar surface area (TPSA) is 26.3 Å². The molecular weight excluding hydrogens is 212 g/mol. The van der Waals surface area contributed by atoms with E-state index in [0.717, 1.165) is 18.4 Å². The summed E-state index contributed by atoms with van der Waals surface area (Å²) in [7, 11) is 0. The number of benzene rings is 1. The molecule has 1 heterocycles. The zero-order valence-electron chi connectivity index (χ0n) is 8.41. The Morgan fingerprint density at radius 1 is 1.53 bits per heavy atom. The first-order valence-electron chi connectivity index (χ1n) is 5.14. The number of hydrogen-bond donors (Lipinski definition) is 0. The second kappa shape index (κ2) is 4.77. The lowest BCUT2D eigenvalue weighted by atomic mass is 10.0. The van der Waals surface area contributed by atoms with Crippen LogP contribution in [0.15, 0.2) is 24.3 Å². The van der Waals surface area contributed by atoms with Gasteiger partial charge >= 0.3 is 0 Å². The van der Waals surface area contributed by atoms with E-state index in [1.54, 1.807) is 0 Å². The van der Waals surface area contributed by atoms with E-state index in [0.29, 0.717) is 18.1 Å². The third-order valence-electron chi connectivity index (χ3n) is 2.56. The average Bonchev–Trinajstić information content (AvgIpc) is 2.70. The molecule has 1 saturated heterocycles. The van der Waals surface area contributed by atoms with Crippen molar-refractivity contribution in [2.24, 2.45) is 0 Å². The minimum Gasteiger partial charge on any atom is -0.370 e. The Morgan fingerprint density at radius 2 is 2.40 bits per heavy atom. The predicted octanol–water partition coefficient (Wildman–Crippen LogP) is 2.63. The Bertz CT molecular complexity index is 356. The molecule has 0 bridgehead atoms. The molecule has 1 aliphatic heterocycles. The van der Waals surface area contributed by atoms with Crippen molar-refractivity contribution in [3.8, 4) is 0 Å². The molecule has 15 heavy (non-hydrogen) atoms. The molecule has 0 radical (unpaired) electrons. The summed E-state index contributed by atoms with van der Waals surface area (Å²) >= 11 is 5.85. The Balaban J connectivity index is 1.99. The highest BCUT2D eigenvalue weighted by Gasteiger charge is 2.23. The van der Waals surface area contributed by atoms with E-state index in [4.69, 9.17) is 16.3 Å². The third kappa shape index (κ3) is 2.80. The maximum absolute atomic E-state index is 11.8. The van der Waals surface area contributed by atoms with Gasteiger partial charge in [0.2, 0.25) is 0 Å². The SMILES string of the molecule is O=C(Cc1cccc(Cl)c1)C1CCCO1. The van der Waals surface area contributed by atoms with Gasteiger partial charge in [0.05, 0.1) is 0 Å². The molecule has 2 nitrogen and oxygen atoms in total. The molecule has 80 valence electrons. The van der Waals surface area contributed by atoms with E-state index in [1.165, 1.54) is 0 Å². The lowest BCUT2D eigenvalue weighted by Crippen LogP contribution is -2.21. The summed E-state index contributed by atoms with van der Waals surface area (Å²) < 4.78 is 5.33. The molecule has 1 fully saturated rings. The second-order valence-electron chi connectivity index (χ2n) is 3.77. The summed E-state index contributed by atoms with van der Waals surface area (Å²) in [4.78, 5) is 11.8. The van der Waals surface area contributed by atoms with Crippen molar-refractivity contribution < 1.29 is 9.53 Å². The van der Waals surface area contributed by atoms with Crippen molar-refractivity contribution in [3.05, 3.63) is 34.9 Å². The maximum Gasteiger partial charge on any atom is 0.165 e. The number of rotatable bonds is 3. The smallest absolute Gasteiger partial charge is 0.165 e. The van der Waals surface area contributed by atoms with Crippen LogP contribution in [0.25, 0.3) is 0 Å². The lowest BCUT2D eigenvalue weighted by molar-refractivity contribution is -0.127. The van der Waals surface area contributed by atoms with E-state index < -0.39 is 0 Å². The van der Waals surface area contributed by atoms with Crippen LogP contribution in [0.5, 0.6) is 0 Å². The monoisotopic (exact) mass is 224 g/mol. The summed E-state index contributed by atoms with van der Waals surface area (Å²) in [6, 6.07) is 7.41. The van der Waals surface area contributed by atoms with E-state index in [1.807, 2.05) is 24.3 Å². The first-order chi connectivity index (χ1) is 7.25. The van der Waals surface area contributed by atoms with Gasteiger partial charge < -0.3 is 4.74 Å². The van der Waals surface area contributed by atoms with Crippen LogP contribution in [0, 0.1) is 0 Å². The van der Waals surface area contributed by atoms with E-state index >= 15 is 0 Å². The zero-order valence-corrected chi connectivity index (χ0v) is 9.17. The maximum atomic E-state index is 11.8. The van der Waals surface area contributed by atoms with Gasteiger partial charge in [-0.1, -0.05) is 23.7 Å². The minimum atomic E-state index is -0.191. The molecule has 0 amide bonds. The molecule has 0 aliphatic carbocycles. The van der Waals surface area contributed by atoms with Crippen molar-refractivity contribution in [2.45, 2.75) is 25.4 Å². The number of carbonyl (C=O) groups excluding carboxylic acids is 1. The number of ether oxygens (including phenoxy) is 1. The van der Waals surface area contributed by atoms with Gasteiger partial charge in [0, 0.05) is 18.1 Å². The average molecular weight is 225 g/mol. The van der Waals surface area contributed by atoms with Gasteiger partial charge in [-0.05, 0) is 30.5 Å². The Morgan fingerprint density at radius 3 is 3.07 bits per heavy atom. The van der Waals surface area contributed by atoms with Gasteiger partial charge in [0.15, 0.2) is 5.78 Å². The molecule has 0 spiro atoms. The fourth-order valence-electron chi connectivity index (χ4n) is 1.79. The molecule has 1 aromatic carbocycles. The van der Waals surface area contributed by atoms with Gasteiger partial charge in [-0.2, -0.15) is 0 Å². The van der Waals surface area contributed by atoms with Crippen LogP contribution in [0.2, 0.25) is 5.02 Å². The van der Waals surface area contributed by atoms with Gasteiger partial charge in [0.1, 0.15) is 6.10 Å². The molecule has 0 aromatic heterocycles. The van der Waals surface area contributed by atoms with Crippen LogP contribution in [0.1, 0.15) is 18.4 Å². The normalized spacial score (nSPS) is 20.5. The minimum absolute atomic E-state index is 0.162. The van der Waals surface area contributed by atoms with Crippen LogP contribution >= 0.6 is 11.6 Å². The molecule has 0 N–H and O–H groups in total. The van der Waals surface area contributed by atoms with E-state index in [-0.39, 0.29) is 11.9 Å². The standard InChI is InChI=1S/C12H13ClO2/c13-10-4-1-3-9(7-10)8-11(14)12-5-2-6-15-12/h1,3-4,7,12H,2,5-6,8H2. The van der Waals surface area contributed by atoms with E-state index in [9.17, 15) is 4.79 Å². The number of Topliss-reactive ketones (excluding diaryl/α,β-unsaturated/α-hetero) is 1. The fraction of sp³-hybridized carbons (Fsp3) is 0.417.